The summed E-state index contributed by atoms with van der Waals surface area (Å²) in [5.41, 5.74) is 0.792. The number of nitrogens with zero attached hydrogens (tertiary/aromatic N) is 3. The van der Waals surface area contributed by atoms with Gasteiger partial charge in [0.1, 0.15) is 5.69 Å². The molecule has 21 heavy (non-hydrogen) atoms. The molecule has 1 aromatic carbocycles. The molecule has 0 atom stereocenters. The van der Waals surface area contributed by atoms with Crippen LogP contribution >= 0.6 is 0 Å². The van der Waals surface area contributed by atoms with Gasteiger partial charge in [-0.05, 0) is 32.1 Å². The molecule has 0 unspecified atom stereocenters. The third-order valence-corrected chi connectivity index (χ3v) is 3.16. The Bertz CT molecular complexity index is 517. The van der Waals surface area contributed by atoms with Crippen molar-refractivity contribution in [3.05, 3.63) is 33.9 Å². The summed E-state index contributed by atoms with van der Waals surface area (Å²) < 4.78 is 0. The number of rotatable bonds is 7. The van der Waals surface area contributed by atoms with Crippen LogP contribution in [-0.4, -0.2) is 57.0 Å². The van der Waals surface area contributed by atoms with E-state index in [9.17, 15) is 14.9 Å². The SMILES string of the molecule is CNCCCN(C)c1ccc(C(=O)N(C)C)cc1[N+](=O)[O-]. The number of benzene rings is 1. The molecule has 7 heteroatoms. The molecule has 7 nitrogen and oxygen atoms in total. The van der Waals surface area contributed by atoms with Gasteiger partial charge in [-0.3, -0.25) is 14.9 Å². The number of hydrogen-bond donors (Lipinski definition) is 1. The number of hydrogen-bond acceptors (Lipinski definition) is 5. The fraction of sp³-hybridized carbons (Fsp3) is 0.500. The zero-order chi connectivity index (χ0) is 16.0. The molecule has 1 rings (SSSR count). The van der Waals surface area contributed by atoms with Gasteiger partial charge in [0.05, 0.1) is 4.92 Å². The van der Waals surface area contributed by atoms with Crippen LogP contribution in [0.15, 0.2) is 18.2 Å². The molecule has 0 saturated carbocycles. The molecule has 0 saturated heterocycles. The molecule has 0 aliphatic carbocycles. The van der Waals surface area contributed by atoms with Crippen molar-refractivity contribution < 1.29 is 9.72 Å². The van der Waals surface area contributed by atoms with Crippen molar-refractivity contribution in [1.29, 1.82) is 0 Å². The minimum atomic E-state index is -0.448. The number of nitrogens with one attached hydrogen (secondary N) is 1. The molecule has 0 radical (unpaired) electrons. The summed E-state index contributed by atoms with van der Waals surface area (Å²) in [5, 5.41) is 14.3. The van der Waals surface area contributed by atoms with Crippen LogP contribution in [0.4, 0.5) is 11.4 Å². The summed E-state index contributed by atoms with van der Waals surface area (Å²) in [6.45, 7) is 1.54. The van der Waals surface area contributed by atoms with Crippen LogP contribution in [0.2, 0.25) is 0 Å². The molecule has 1 amide bonds. The van der Waals surface area contributed by atoms with E-state index >= 15 is 0 Å². The van der Waals surface area contributed by atoms with E-state index in [1.807, 2.05) is 19.0 Å². The number of nitro groups is 1. The Labute approximate surface area is 124 Å². The molecule has 0 bridgehead atoms. The van der Waals surface area contributed by atoms with Gasteiger partial charge >= 0.3 is 0 Å². The lowest BCUT2D eigenvalue weighted by Crippen LogP contribution is -2.24. The fourth-order valence-corrected chi connectivity index (χ4v) is 2.00. The number of carbonyl (C=O) groups excluding carboxylic acids is 1. The van der Waals surface area contributed by atoms with Gasteiger partial charge in [0.25, 0.3) is 11.6 Å². The smallest absolute Gasteiger partial charge is 0.293 e. The van der Waals surface area contributed by atoms with E-state index in [0.717, 1.165) is 13.0 Å². The van der Waals surface area contributed by atoms with Gasteiger partial charge in [0.2, 0.25) is 0 Å². The third kappa shape index (κ3) is 4.42. The van der Waals surface area contributed by atoms with Gasteiger partial charge in [0.15, 0.2) is 0 Å². The lowest BCUT2D eigenvalue weighted by Gasteiger charge is -2.20. The number of nitro benzene ring substituents is 1. The van der Waals surface area contributed by atoms with Crippen LogP contribution in [0.5, 0.6) is 0 Å². The molecule has 0 heterocycles. The molecule has 1 aromatic rings. The van der Waals surface area contributed by atoms with Crippen LogP contribution in [0.1, 0.15) is 16.8 Å². The van der Waals surface area contributed by atoms with E-state index in [1.54, 1.807) is 26.2 Å². The Balaban J connectivity index is 3.05. The maximum absolute atomic E-state index is 11.9. The Hall–Kier alpha value is -2.15. The zero-order valence-electron chi connectivity index (χ0n) is 12.9. The largest absolute Gasteiger partial charge is 0.369 e. The lowest BCUT2D eigenvalue weighted by atomic mass is 10.1. The van der Waals surface area contributed by atoms with Crippen LogP contribution < -0.4 is 10.2 Å². The second-order valence-corrected chi connectivity index (χ2v) is 5.04. The van der Waals surface area contributed by atoms with Crippen LogP contribution in [0.3, 0.4) is 0 Å². The summed E-state index contributed by atoms with van der Waals surface area (Å²) in [6, 6.07) is 4.60. The minimum absolute atomic E-state index is 0.0466. The van der Waals surface area contributed by atoms with Gasteiger partial charge in [0, 0.05) is 39.3 Å². The molecule has 0 fully saturated rings. The first-order chi connectivity index (χ1) is 9.88. The lowest BCUT2D eigenvalue weighted by molar-refractivity contribution is -0.384. The van der Waals surface area contributed by atoms with Crippen molar-refractivity contribution >= 4 is 17.3 Å². The standard InChI is InChI=1S/C14H22N4O3/c1-15-8-5-9-17(4)12-7-6-11(14(19)16(2)3)10-13(12)18(20)21/h6-7,10,15H,5,8-9H2,1-4H3. The molecule has 116 valence electrons. The average Bonchev–Trinajstić information content (AvgIpc) is 2.45. The first-order valence-electron chi connectivity index (χ1n) is 6.74. The van der Waals surface area contributed by atoms with Crippen LogP contribution in [0.25, 0.3) is 0 Å². The van der Waals surface area contributed by atoms with Crippen molar-refractivity contribution in [1.82, 2.24) is 10.2 Å². The highest BCUT2D eigenvalue weighted by atomic mass is 16.6. The summed E-state index contributed by atoms with van der Waals surface area (Å²) in [7, 11) is 6.91. The second kappa shape index (κ2) is 7.58. The number of amides is 1. The van der Waals surface area contributed by atoms with Crippen molar-refractivity contribution in [3.8, 4) is 0 Å². The van der Waals surface area contributed by atoms with E-state index in [4.69, 9.17) is 0 Å². The van der Waals surface area contributed by atoms with Gasteiger partial charge in [-0.15, -0.1) is 0 Å². The van der Waals surface area contributed by atoms with E-state index in [1.165, 1.54) is 11.0 Å². The predicted octanol–water partition coefficient (Wildman–Crippen LogP) is 1.34. The summed E-state index contributed by atoms with van der Waals surface area (Å²) >= 11 is 0. The zero-order valence-corrected chi connectivity index (χ0v) is 12.9. The topological polar surface area (TPSA) is 78.7 Å². The Kier molecular flexibility index (Phi) is 6.10. The van der Waals surface area contributed by atoms with Gasteiger partial charge in [-0.2, -0.15) is 0 Å². The monoisotopic (exact) mass is 294 g/mol. The van der Waals surface area contributed by atoms with Crippen LogP contribution in [-0.2, 0) is 0 Å². The molecule has 0 aromatic heterocycles. The first kappa shape index (κ1) is 16.9. The first-order valence-corrected chi connectivity index (χ1v) is 6.74. The maximum atomic E-state index is 11.9. The van der Waals surface area contributed by atoms with Crippen molar-refractivity contribution in [2.45, 2.75) is 6.42 Å². The predicted molar refractivity (Wildman–Crippen MR) is 82.9 cm³/mol. The molecular weight excluding hydrogens is 272 g/mol. The highest BCUT2D eigenvalue weighted by Gasteiger charge is 2.20. The molecule has 0 aliphatic heterocycles. The normalized spacial score (nSPS) is 10.3. The van der Waals surface area contributed by atoms with Crippen molar-refractivity contribution in [2.24, 2.45) is 0 Å². The van der Waals surface area contributed by atoms with Crippen molar-refractivity contribution in [3.63, 3.8) is 0 Å². The van der Waals surface area contributed by atoms with Crippen LogP contribution in [0, 0.1) is 10.1 Å². The highest BCUT2D eigenvalue weighted by molar-refractivity contribution is 5.95. The van der Waals surface area contributed by atoms with Crippen molar-refractivity contribution in [2.75, 3.05) is 46.2 Å². The Morgan fingerprint density at radius 2 is 2.00 bits per heavy atom. The Morgan fingerprint density at radius 3 is 2.52 bits per heavy atom. The number of carbonyl (C=O) groups is 1. The third-order valence-electron chi connectivity index (χ3n) is 3.16. The molecule has 0 spiro atoms. The van der Waals surface area contributed by atoms with E-state index in [0.29, 0.717) is 17.8 Å². The molecule has 1 N–H and O–H groups in total. The number of anilines is 1. The van der Waals surface area contributed by atoms with E-state index < -0.39 is 4.92 Å². The summed E-state index contributed by atoms with van der Waals surface area (Å²) in [5.74, 6) is -0.248. The molecule has 0 aliphatic rings. The second-order valence-electron chi connectivity index (χ2n) is 5.04. The maximum Gasteiger partial charge on any atom is 0.293 e. The van der Waals surface area contributed by atoms with E-state index in [-0.39, 0.29) is 11.6 Å². The van der Waals surface area contributed by atoms with E-state index in [2.05, 4.69) is 5.32 Å². The van der Waals surface area contributed by atoms with Gasteiger partial charge < -0.3 is 15.1 Å². The average molecular weight is 294 g/mol. The fourth-order valence-electron chi connectivity index (χ4n) is 2.00. The van der Waals surface area contributed by atoms with Gasteiger partial charge in [-0.1, -0.05) is 0 Å². The highest BCUT2D eigenvalue weighted by Crippen LogP contribution is 2.28. The summed E-state index contributed by atoms with van der Waals surface area (Å²) in [4.78, 5) is 25.9. The summed E-state index contributed by atoms with van der Waals surface area (Å²) in [6.07, 6.45) is 0.878. The molecular formula is C14H22N4O3. The van der Waals surface area contributed by atoms with Gasteiger partial charge in [-0.25, -0.2) is 0 Å². The quantitative estimate of drug-likeness (QED) is 0.466. The minimum Gasteiger partial charge on any atom is -0.369 e. The Morgan fingerprint density at radius 1 is 1.33 bits per heavy atom.